The molecule has 0 radical (unpaired) electrons. The van der Waals surface area contributed by atoms with Crippen LogP contribution in [0.5, 0.6) is 5.75 Å². The van der Waals surface area contributed by atoms with Gasteiger partial charge in [0, 0.05) is 24.7 Å². The van der Waals surface area contributed by atoms with Crippen molar-refractivity contribution in [2.45, 2.75) is 18.8 Å². The van der Waals surface area contributed by atoms with Crippen LogP contribution in [-0.4, -0.2) is 36.3 Å². The average Bonchev–Trinajstić information content (AvgIpc) is 2.73. The highest BCUT2D eigenvalue weighted by Crippen LogP contribution is 2.24. The molecule has 0 aliphatic carbocycles. The zero-order valence-corrected chi connectivity index (χ0v) is 11.2. The van der Waals surface area contributed by atoms with E-state index >= 15 is 0 Å². The van der Waals surface area contributed by atoms with Crippen LogP contribution in [0.4, 0.5) is 13.2 Å². The summed E-state index contributed by atoms with van der Waals surface area (Å²) in [4.78, 5) is 13.6. The molecule has 2 rings (SSSR count). The van der Waals surface area contributed by atoms with Crippen LogP contribution >= 0.6 is 12.4 Å². The van der Waals surface area contributed by atoms with Gasteiger partial charge in [-0.05, 0) is 24.6 Å². The van der Waals surface area contributed by atoms with Crippen molar-refractivity contribution >= 4 is 18.3 Å². The number of rotatable bonds is 2. The summed E-state index contributed by atoms with van der Waals surface area (Å²) in [6.45, 7) is 0.938. The third kappa shape index (κ3) is 4.28. The second-order valence-corrected chi connectivity index (χ2v) is 4.38. The van der Waals surface area contributed by atoms with Crippen molar-refractivity contribution in [1.29, 1.82) is 0 Å². The molecule has 4 nitrogen and oxygen atoms in total. The summed E-state index contributed by atoms with van der Waals surface area (Å²) >= 11 is 0. The normalized spacial score (nSPS) is 18.6. The molecular weight excluding hydrogens is 297 g/mol. The minimum Gasteiger partial charge on any atom is -0.406 e. The van der Waals surface area contributed by atoms with E-state index in [0.717, 1.165) is 12.1 Å². The van der Waals surface area contributed by atoms with Crippen LogP contribution < -0.4 is 10.5 Å². The van der Waals surface area contributed by atoms with E-state index in [1.54, 1.807) is 0 Å². The zero-order chi connectivity index (χ0) is 14.0. The van der Waals surface area contributed by atoms with Crippen LogP contribution in [0, 0.1) is 0 Å². The predicted molar refractivity (Wildman–Crippen MR) is 68.9 cm³/mol. The highest BCUT2D eigenvalue weighted by atomic mass is 35.5. The minimum atomic E-state index is -4.77. The van der Waals surface area contributed by atoms with E-state index < -0.39 is 12.1 Å². The lowest BCUT2D eigenvalue weighted by molar-refractivity contribution is -0.274. The van der Waals surface area contributed by atoms with Gasteiger partial charge in [-0.25, -0.2) is 0 Å². The number of carbonyl (C=O) groups is 1. The maximum absolute atomic E-state index is 12.1. The lowest BCUT2D eigenvalue weighted by atomic mass is 10.2. The number of nitrogens with zero attached hydrogens (tertiary/aromatic N) is 1. The first-order valence-electron chi connectivity index (χ1n) is 5.76. The largest absolute Gasteiger partial charge is 0.573 e. The first-order valence-corrected chi connectivity index (χ1v) is 5.76. The average molecular weight is 311 g/mol. The number of benzene rings is 1. The highest BCUT2D eigenvalue weighted by Gasteiger charge is 2.31. The number of hydrogen-bond donors (Lipinski definition) is 1. The van der Waals surface area contributed by atoms with Crippen molar-refractivity contribution in [3.8, 4) is 5.75 Å². The molecule has 8 heteroatoms. The van der Waals surface area contributed by atoms with Crippen LogP contribution in [0.15, 0.2) is 24.3 Å². The number of halogens is 4. The molecule has 1 amide bonds. The molecule has 1 aliphatic rings. The van der Waals surface area contributed by atoms with Crippen molar-refractivity contribution in [2.75, 3.05) is 13.1 Å². The Balaban J connectivity index is 0.00000200. The fourth-order valence-corrected chi connectivity index (χ4v) is 1.98. The molecule has 1 aromatic rings. The second-order valence-electron chi connectivity index (χ2n) is 4.38. The molecule has 1 atom stereocenters. The maximum Gasteiger partial charge on any atom is 0.573 e. The maximum atomic E-state index is 12.1. The van der Waals surface area contributed by atoms with Crippen molar-refractivity contribution in [3.63, 3.8) is 0 Å². The van der Waals surface area contributed by atoms with Gasteiger partial charge in [0.1, 0.15) is 5.75 Å². The quantitative estimate of drug-likeness (QED) is 0.911. The Kier molecular flexibility index (Phi) is 5.24. The summed E-state index contributed by atoms with van der Waals surface area (Å²) in [5.41, 5.74) is 5.85. The van der Waals surface area contributed by atoms with E-state index in [1.807, 2.05) is 0 Å². The number of amides is 1. The van der Waals surface area contributed by atoms with Crippen molar-refractivity contribution in [3.05, 3.63) is 29.8 Å². The van der Waals surface area contributed by atoms with E-state index in [4.69, 9.17) is 5.73 Å². The fraction of sp³-hybridized carbons (Fsp3) is 0.417. The van der Waals surface area contributed by atoms with Gasteiger partial charge < -0.3 is 15.4 Å². The van der Waals surface area contributed by atoms with E-state index in [0.29, 0.717) is 19.5 Å². The Labute approximate surface area is 120 Å². The highest BCUT2D eigenvalue weighted by molar-refractivity contribution is 5.94. The molecule has 1 fully saturated rings. The molecule has 0 unspecified atom stereocenters. The summed E-state index contributed by atoms with van der Waals surface area (Å²) in [5, 5.41) is 0. The standard InChI is InChI=1S/C12H13F3N2O2.ClH/c13-12(14,15)19-10-3-1-2-8(6-10)11(18)17-5-4-9(16)7-17;/h1-3,6,9H,4-5,7,16H2;1H/t9-;/m1./s1. The van der Waals surface area contributed by atoms with Gasteiger partial charge >= 0.3 is 6.36 Å². The van der Waals surface area contributed by atoms with Gasteiger partial charge in [-0.2, -0.15) is 0 Å². The fourth-order valence-electron chi connectivity index (χ4n) is 1.98. The van der Waals surface area contributed by atoms with Gasteiger partial charge in [-0.15, -0.1) is 25.6 Å². The van der Waals surface area contributed by atoms with Crippen LogP contribution in [-0.2, 0) is 0 Å². The summed E-state index contributed by atoms with van der Waals surface area (Å²) in [6, 6.07) is 4.97. The van der Waals surface area contributed by atoms with Gasteiger partial charge in [0.2, 0.25) is 0 Å². The lowest BCUT2D eigenvalue weighted by Gasteiger charge is -2.16. The molecular formula is C12H14ClF3N2O2. The van der Waals surface area contributed by atoms with Crippen molar-refractivity contribution < 1.29 is 22.7 Å². The first-order chi connectivity index (χ1) is 8.85. The minimum absolute atomic E-state index is 0. The third-order valence-corrected chi connectivity index (χ3v) is 2.83. The number of nitrogens with two attached hydrogens (primary N) is 1. The molecule has 0 saturated carbocycles. The summed E-state index contributed by atoms with van der Waals surface area (Å²) < 4.78 is 40.1. The lowest BCUT2D eigenvalue weighted by Crippen LogP contribution is -2.31. The summed E-state index contributed by atoms with van der Waals surface area (Å²) in [7, 11) is 0. The molecule has 0 aromatic heterocycles. The van der Waals surface area contributed by atoms with Crippen LogP contribution in [0.25, 0.3) is 0 Å². The van der Waals surface area contributed by atoms with Gasteiger partial charge in [-0.1, -0.05) is 6.07 Å². The molecule has 1 heterocycles. The van der Waals surface area contributed by atoms with E-state index in [1.165, 1.54) is 17.0 Å². The van der Waals surface area contributed by atoms with Gasteiger partial charge in [0.15, 0.2) is 0 Å². The van der Waals surface area contributed by atoms with Crippen LogP contribution in [0.3, 0.4) is 0 Å². The Morgan fingerprint density at radius 3 is 2.65 bits per heavy atom. The number of likely N-dealkylation sites (tertiary alicyclic amines) is 1. The molecule has 2 N–H and O–H groups in total. The van der Waals surface area contributed by atoms with Gasteiger partial charge in [0.05, 0.1) is 0 Å². The predicted octanol–water partition coefficient (Wildman–Crippen LogP) is 2.18. The zero-order valence-electron chi connectivity index (χ0n) is 10.4. The number of hydrogen-bond acceptors (Lipinski definition) is 3. The van der Waals surface area contributed by atoms with Crippen molar-refractivity contribution in [1.82, 2.24) is 4.90 Å². The molecule has 1 aromatic carbocycles. The van der Waals surface area contributed by atoms with Crippen LogP contribution in [0.2, 0.25) is 0 Å². The number of alkyl halides is 3. The summed E-state index contributed by atoms with van der Waals surface area (Å²) in [6.07, 6.45) is -4.07. The third-order valence-electron chi connectivity index (χ3n) is 2.83. The number of ether oxygens (including phenoxy) is 1. The monoisotopic (exact) mass is 310 g/mol. The smallest absolute Gasteiger partial charge is 0.406 e. The topological polar surface area (TPSA) is 55.6 Å². The molecule has 0 spiro atoms. The Hall–Kier alpha value is -1.47. The van der Waals surface area contributed by atoms with Crippen molar-refractivity contribution in [2.24, 2.45) is 5.73 Å². The Bertz CT molecular complexity index is 482. The second kappa shape index (κ2) is 6.32. The SMILES string of the molecule is Cl.N[C@@H]1CCN(C(=O)c2cccc(OC(F)(F)F)c2)C1. The summed E-state index contributed by atoms with van der Waals surface area (Å²) in [5.74, 6) is -0.734. The Morgan fingerprint density at radius 2 is 2.10 bits per heavy atom. The van der Waals surface area contributed by atoms with E-state index in [2.05, 4.69) is 4.74 Å². The van der Waals surface area contributed by atoms with E-state index in [-0.39, 0.29) is 29.9 Å². The van der Waals surface area contributed by atoms with Crippen LogP contribution in [0.1, 0.15) is 16.8 Å². The molecule has 0 bridgehead atoms. The molecule has 112 valence electrons. The number of carbonyl (C=O) groups excluding carboxylic acids is 1. The van der Waals surface area contributed by atoms with Gasteiger partial charge in [0.25, 0.3) is 5.91 Å². The molecule has 1 aliphatic heterocycles. The first kappa shape index (κ1) is 16.6. The van der Waals surface area contributed by atoms with Gasteiger partial charge in [-0.3, -0.25) is 4.79 Å². The van der Waals surface area contributed by atoms with E-state index in [9.17, 15) is 18.0 Å². The molecule has 1 saturated heterocycles. The Morgan fingerprint density at radius 1 is 1.40 bits per heavy atom. The molecule has 20 heavy (non-hydrogen) atoms.